The highest BCUT2D eigenvalue weighted by Gasteiger charge is 2.12. The SMILES string of the molecule is COc1cc2ncnc(Nc3ccccc3-c3ccccc3)c2cc1OC.Cl. The molecule has 0 saturated carbocycles. The molecule has 0 radical (unpaired) electrons. The molecule has 142 valence electrons. The lowest BCUT2D eigenvalue weighted by Crippen LogP contribution is -1.99. The van der Waals surface area contributed by atoms with E-state index in [2.05, 4.69) is 33.5 Å². The van der Waals surface area contributed by atoms with Crippen LogP contribution in [0.5, 0.6) is 11.5 Å². The van der Waals surface area contributed by atoms with E-state index in [0.29, 0.717) is 17.3 Å². The fraction of sp³-hybridized carbons (Fsp3) is 0.0909. The Morgan fingerprint density at radius 3 is 2.21 bits per heavy atom. The number of anilines is 2. The lowest BCUT2D eigenvalue weighted by molar-refractivity contribution is 0.356. The summed E-state index contributed by atoms with van der Waals surface area (Å²) in [5.74, 6) is 1.99. The molecule has 1 N–H and O–H groups in total. The number of hydrogen-bond acceptors (Lipinski definition) is 5. The molecule has 4 aromatic rings. The molecule has 0 aliphatic carbocycles. The molecule has 0 unspecified atom stereocenters. The van der Waals surface area contributed by atoms with Crippen LogP contribution >= 0.6 is 12.4 Å². The topological polar surface area (TPSA) is 56.3 Å². The summed E-state index contributed by atoms with van der Waals surface area (Å²) in [5, 5.41) is 4.31. The highest BCUT2D eigenvalue weighted by molar-refractivity contribution is 5.94. The first kappa shape index (κ1) is 19.5. The van der Waals surface area contributed by atoms with E-state index in [1.54, 1.807) is 20.5 Å². The van der Waals surface area contributed by atoms with Gasteiger partial charge in [-0.05, 0) is 17.7 Å². The number of benzene rings is 3. The summed E-state index contributed by atoms with van der Waals surface area (Å²) in [6.07, 6.45) is 1.54. The first-order valence-electron chi connectivity index (χ1n) is 8.58. The third-order valence-corrected chi connectivity index (χ3v) is 4.41. The van der Waals surface area contributed by atoms with Crippen molar-refractivity contribution in [1.82, 2.24) is 9.97 Å². The summed E-state index contributed by atoms with van der Waals surface area (Å²) in [5.41, 5.74) is 3.99. The Morgan fingerprint density at radius 2 is 1.46 bits per heavy atom. The normalized spacial score (nSPS) is 10.2. The van der Waals surface area contributed by atoms with Gasteiger partial charge in [0.2, 0.25) is 0 Å². The Labute approximate surface area is 169 Å². The zero-order valence-corrected chi connectivity index (χ0v) is 16.4. The third kappa shape index (κ3) is 3.70. The van der Waals surface area contributed by atoms with Gasteiger partial charge in [0.15, 0.2) is 11.5 Å². The van der Waals surface area contributed by atoms with Crippen LogP contribution < -0.4 is 14.8 Å². The van der Waals surface area contributed by atoms with Gasteiger partial charge in [-0.15, -0.1) is 12.4 Å². The van der Waals surface area contributed by atoms with Crippen molar-refractivity contribution in [1.29, 1.82) is 0 Å². The van der Waals surface area contributed by atoms with Crippen LogP contribution in [0.3, 0.4) is 0 Å². The van der Waals surface area contributed by atoms with Crippen molar-refractivity contribution in [2.45, 2.75) is 0 Å². The zero-order valence-electron chi connectivity index (χ0n) is 15.5. The van der Waals surface area contributed by atoms with Gasteiger partial charge in [0.25, 0.3) is 0 Å². The molecule has 6 heteroatoms. The van der Waals surface area contributed by atoms with E-state index in [1.807, 2.05) is 48.5 Å². The van der Waals surface area contributed by atoms with Crippen LogP contribution in [0.2, 0.25) is 0 Å². The number of methoxy groups -OCH3 is 2. The number of nitrogens with one attached hydrogen (secondary N) is 1. The molecule has 1 heterocycles. The molecule has 5 nitrogen and oxygen atoms in total. The van der Waals surface area contributed by atoms with Gasteiger partial charge in [-0.25, -0.2) is 9.97 Å². The van der Waals surface area contributed by atoms with E-state index in [1.165, 1.54) is 0 Å². The molecule has 0 atom stereocenters. The maximum atomic E-state index is 5.43. The highest BCUT2D eigenvalue weighted by Crippen LogP contribution is 2.36. The van der Waals surface area contributed by atoms with E-state index >= 15 is 0 Å². The van der Waals surface area contributed by atoms with E-state index in [-0.39, 0.29) is 12.4 Å². The molecule has 0 aliphatic heterocycles. The van der Waals surface area contributed by atoms with Crippen LogP contribution in [0.4, 0.5) is 11.5 Å². The van der Waals surface area contributed by atoms with Crippen molar-refractivity contribution >= 4 is 34.8 Å². The Hall–Kier alpha value is -3.31. The van der Waals surface area contributed by atoms with Crippen molar-refractivity contribution in [3.05, 3.63) is 73.1 Å². The summed E-state index contributed by atoms with van der Waals surface area (Å²) >= 11 is 0. The first-order chi connectivity index (χ1) is 13.3. The minimum absolute atomic E-state index is 0. The zero-order chi connectivity index (χ0) is 18.6. The molecule has 3 aromatic carbocycles. The predicted octanol–water partition coefficient (Wildman–Crippen LogP) is 5.48. The first-order valence-corrected chi connectivity index (χ1v) is 8.58. The minimum Gasteiger partial charge on any atom is -0.493 e. The second kappa shape index (κ2) is 8.59. The maximum Gasteiger partial charge on any atom is 0.162 e. The van der Waals surface area contributed by atoms with E-state index in [9.17, 15) is 0 Å². The number of halogens is 1. The summed E-state index contributed by atoms with van der Waals surface area (Å²) in [7, 11) is 3.23. The van der Waals surface area contributed by atoms with Crippen LogP contribution in [0.25, 0.3) is 22.0 Å². The van der Waals surface area contributed by atoms with Gasteiger partial charge in [0, 0.05) is 22.7 Å². The second-order valence-electron chi connectivity index (χ2n) is 5.98. The van der Waals surface area contributed by atoms with Crippen LogP contribution in [0, 0.1) is 0 Å². The third-order valence-electron chi connectivity index (χ3n) is 4.41. The van der Waals surface area contributed by atoms with Crippen LogP contribution in [-0.4, -0.2) is 24.2 Å². The Morgan fingerprint density at radius 1 is 0.786 bits per heavy atom. The quantitative estimate of drug-likeness (QED) is 0.486. The number of aromatic nitrogens is 2. The molecule has 0 fully saturated rings. The monoisotopic (exact) mass is 393 g/mol. The van der Waals surface area contributed by atoms with Crippen molar-refractivity contribution in [3.8, 4) is 22.6 Å². The van der Waals surface area contributed by atoms with Gasteiger partial charge in [0.05, 0.1) is 19.7 Å². The number of para-hydroxylation sites is 1. The highest BCUT2D eigenvalue weighted by atomic mass is 35.5. The fourth-order valence-corrected chi connectivity index (χ4v) is 3.07. The Kier molecular flexibility index (Phi) is 5.96. The number of nitrogens with zero attached hydrogens (tertiary/aromatic N) is 2. The maximum absolute atomic E-state index is 5.43. The lowest BCUT2D eigenvalue weighted by Gasteiger charge is -2.14. The van der Waals surface area contributed by atoms with Crippen LogP contribution in [-0.2, 0) is 0 Å². The van der Waals surface area contributed by atoms with E-state index in [4.69, 9.17) is 9.47 Å². The van der Waals surface area contributed by atoms with Gasteiger partial charge < -0.3 is 14.8 Å². The van der Waals surface area contributed by atoms with Gasteiger partial charge in [-0.3, -0.25) is 0 Å². The molecule has 1 aromatic heterocycles. The molecule has 28 heavy (non-hydrogen) atoms. The number of rotatable bonds is 5. The van der Waals surface area contributed by atoms with E-state index in [0.717, 1.165) is 27.7 Å². The second-order valence-corrected chi connectivity index (χ2v) is 5.98. The number of hydrogen-bond donors (Lipinski definition) is 1. The van der Waals surface area contributed by atoms with Crippen molar-refractivity contribution in [2.24, 2.45) is 0 Å². The van der Waals surface area contributed by atoms with Gasteiger partial charge in [-0.1, -0.05) is 48.5 Å². The molecular weight excluding hydrogens is 374 g/mol. The Balaban J connectivity index is 0.00000225. The molecular formula is C22H20ClN3O2. The Bertz CT molecular complexity index is 1090. The number of fused-ring (bicyclic) bond motifs is 1. The predicted molar refractivity (Wildman–Crippen MR) is 115 cm³/mol. The van der Waals surface area contributed by atoms with Crippen LogP contribution in [0.15, 0.2) is 73.1 Å². The van der Waals surface area contributed by atoms with Crippen molar-refractivity contribution in [3.63, 3.8) is 0 Å². The average molecular weight is 394 g/mol. The molecule has 0 spiro atoms. The molecule has 4 rings (SSSR count). The molecule has 0 saturated heterocycles. The largest absolute Gasteiger partial charge is 0.493 e. The standard InChI is InChI=1S/C22H19N3O2.ClH/c1-26-20-12-17-19(13-21(20)27-2)23-14-24-22(17)25-18-11-7-6-10-16(18)15-8-4-3-5-9-15;/h3-14H,1-2H3,(H,23,24,25);1H. The smallest absolute Gasteiger partial charge is 0.162 e. The number of ether oxygens (including phenoxy) is 2. The van der Waals surface area contributed by atoms with Crippen molar-refractivity contribution < 1.29 is 9.47 Å². The molecule has 0 aliphatic rings. The van der Waals surface area contributed by atoms with Gasteiger partial charge in [-0.2, -0.15) is 0 Å². The van der Waals surface area contributed by atoms with Gasteiger partial charge >= 0.3 is 0 Å². The van der Waals surface area contributed by atoms with Gasteiger partial charge in [0.1, 0.15) is 12.1 Å². The minimum atomic E-state index is 0. The van der Waals surface area contributed by atoms with E-state index < -0.39 is 0 Å². The van der Waals surface area contributed by atoms with Crippen molar-refractivity contribution in [2.75, 3.05) is 19.5 Å². The fourth-order valence-electron chi connectivity index (χ4n) is 3.07. The molecule has 0 bridgehead atoms. The summed E-state index contributed by atoms with van der Waals surface area (Å²) in [6.45, 7) is 0. The summed E-state index contributed by atoms with van der Waals surface area (Å²) in [6, 6.07) is 22.2. The summed E-state index contributed by atoms with van der Waals surface area (Å²) < 4.78 is 10.8. The summed E-state index contributed by atoms with van der Waals surface area (Å²) in [4.78, 5) is 8.81. The van der Waals surface area contributed by atoms with Crippen LogP contribution in [0.1, 0.15) is 0 Å². The lowest BCUT2D eigenvalue weighted by atomic mass is 10.0. The molecule has 0 amide bonds. The average Bonchev–Trinajstić information content (AvgIpc) is 2.74.